The van der Waals surface area contributed by atoms with Crippen molar-refractivity contribution < 1.29 is 0 Å². The summed E-state index contributed by atoms with van der Waals surface area (Å²) in [6.07, 6.45) is 3.94. The largest absolute Gasteiger partial charge is 0.303 e. The zero-order valence-electron chi connectivity index (χ0n) is 6.78. The van der Waals surface area contributed by atoms with Gasteiger partial charge in [0.05, 0.1) is 0 Å². The van der Waals surface area contributed by atoms with Crippen LogP contribution in [0.25, 0.3) is 0 Å². The maximum absolute atomic E-state index is 2.40. The van der Waals surface area contributed by atoms with Crippen molar-refractivity contribution in [1.29, 1.82) is 0 Å². The molecule has 0 fully saturated rings. The molecule has 0 aliphatic heterocycles. The standard InChI is InChI=1S/C7H18NP/c1-4-5-6-8(2)7-9-3/h9H,4-7H2,1-3H3. The molecule has 0 N–H and O–H groups in total. The van der Waals surface area contributed by atoms with Crippen LogP contribution in [-0.4, -0.2) is 31.4 Å². The first-order valence-electron chi connectivity index (χ1n) is 3.64. The van der Waals surface area contributed by atoms with Crippen molar-refractivity contribution in [1.82, 2.24) is 4.90 Å². The second-order valence-corrected chi connectivity index (χ2v) is 3.47. The molecule has 0 bridgehead atoms. The van der Waals surface area contributed by atoms with E-state index in [0.717, 1.165) is 8.58 Å². The van der Waals surface area contributed by atoms with Crippen molar-refractivity contribution in [2.75, 3.05) is 26.5 Å². The van der Waals surface area contributed by atoms with Crippen molar-refractivity contribution in [2.24, 2.45) is 0 Å². The van der Waals surface area contributed by atoms with Gasteiger partial charge in [-0.1, -0.05) is 13.3 Å². The van der Waals surface area contributed by atoms with E-state index in [-0.39, 0.29) is 0 Å². The quantitative estimate of drug-likeness (QED) is 0.537. The fourth-order valence-electron chi connectivity index (χ4n) is 0.777. The minimum Gasteiger partial charge on any atom is -0.303 e. The highest BCUT2D eigenvalue weighted by Gasteiger charge is 1.92. The molecule has 0 aliphatic rings. The third-order valence-corrected chi connectivity index (χ3v) is 2.18. The Labute approximate surface area is 60.6 Å². The Morgan fingerprint density at radius 2 is 2.11 bits per heavy atom. The molecule has 1 nitrogen and oxygen atoms in total. The van der Waals surface area contributed by atoms with E-state index in [1.165, 1.54) is 25.7 Å². The Morgan fingerprint density at radius 3 is 2.56 bits per heavy atom. The molecule has 1 unspecified atom stereocenters. The lowest BCUT2D eigenvalue weighted by atomic mass is 10.3. The molecule has 0 saturated heterocycles. The van der Waals surface area contributed by atoms with Gasteiger partial charge >= 0.3 is 0 Å². The summed E-state index contributed by atoms with van der Waals surface area (Å²) in [5.74, 6) is 0. The molecule has 0 heterocycles. The van der Waals surface area contributed by atoms with Crippen LogP contribution >= 0.6 is 8.58 Å². The minimum absolute atomic E-state index is 1.08. The topological polar surface area (TPSA) is 3.24 Å². The fourth-order valence-corrected chi connectivity index (χ4v) is 1.47. The van der Waals surface area contributed by atoms with E-state index in [2.05, 4.69) is 25.5 Å². The zero-order valence-corrected chi connectivity index (χ0v) is 7.78. The van der Waals surface area contributed by atoms with Crippen LogP contribution in [0.1, 0.15) is 19.8 Å². The second kappa shape index (κ2) is 6.51. The molecule has 0 radical (unpaired) electrons. The van der Waals surface area contributed by atoms with Crippen LogP contribution in [0.2, 0.25) is 0 Å². The minimum atomic E-state index is 1.08. The van der Waals surface area contributed by atoms with Crippen molar-refractivity contribution in [3.05, 3.63) is 0 Å². The molecule has 2 heteroatoms. The predicted octanol–water partition coefficient (Wildman–Crippen LogP) is 1.98. The summed E-state index contributed by atoms with van der Waals surface area (Å²) in [7, 11) is 3.28. The van der Waals surface area contributed by atoms with Crippen LogP contribution in [-0.2, 0) is 0 Å². The Balaban J connectivity index is 2.95. The smallest absolute Gasteiger partial charge is 0.0149 e. The molecule has 1 atom stereocenters. The molecule has 0 aliphatic carbocycles. The number of rotatable bonds is 5. The maximum Gasteiger partial charge on any atom is 0.0149 e. The lowest BCUT2D eigenvalue weighted by Crippen LogP contribution is -2.17. The van der Waals surface area contributed by atoms with E-state index in [0.29, 0.717) is 0 Å². The third kappa shape index (κ3) is 6.27. The molecule has 56 valence electrons. The summed E-state index contributed by atoms with van der Waals surface area (Å²) < 4.78 is 0. The van der Waals surface area contributed by atoms with Gasteiger partial charge in [0, 0.05) is 6.29 Å². The van der Waals surface area contributed by atoms with Gasteiger partial charge in [0.15, 0.2) is 0 Å². The van der Waals surface area contributed by atoms with Crippen LogP contribution < -0.4 is 0 Å². The van der Waals surface area contributed by atoms with Crippen LogP contribution in [0.5, 0.6) is 0 Å². The van der Waals surface area contributed by atoms with E-state index >= 15 is 0 Å². The average Bonchev–Trinajstić information content (AvgIpc) is 1.85. The molecule has 0 aromatic carbocycles. The zero-order chi connectivity index (χ0) is 7.11. The van der Waals surface area contributed by atoms with Crippen LogP contribution in [0.3, 0.4) is 0 Å². The molecule has 9 heavy (non-hydrogen) atoms. The van der Waals surface area contributed by atoms with E-state index in [9.17, 15) is 0 Å². The summed E-state index contributed by atoms with van der Waals surface area (Å²) in [6.45, 7) is 5.77. The van der Waals surface area contributed by atoms with Crippen molar-refractivity contribution in [3.63, 3.8) is 0 Å². The molecule has 0 amide bonds. The number of unbranched alkanes of at least 4 members (excludes halogenated alkanes) is 1. The van der Waals surface area contributed by atoms with E-state index in [4.69, 9.17) is 0 Å². The normalized spacial score (nSPS) is 12.0. The number of hydrogen-bond donors (Lipinski definition) is 0. The summed E-state index contributed by atoms with van der Waals surface area (Å²) in [5.41, 5.74) is 0. The van der Waals surface area contributed by atoms with Gasteiger partial charge in [-0.05, 0) is 26.7 Å². The first kappa shape index (κ1) is 9.39. The Hall–Kier alpha value is 0.390. The molecule has 0 spiro atoms. The number of hydrogen-bond acceptors (Lipinski definition) is 1. The van der Waals surface area contributed by atoms with Crippen LogP contribution in [0.15, 0.2) is 0 Å². The summed E-state index contributed by atoms with van der Waals surface area (Å²) in [5, 5.41) is 0. The van der Waals surface area contributed by atoms with Gasteiger partial charge in [0.25, 0.3) is 0 Å². The molecule has 0 aromatic heterocycles. The second-order valence-electron chi connectivity index (χ2n) is 2.44. The summed E-state index contributed by atoms with van der Waals surface area (Å²) in [4.78, 5) is 2.40. The van der Waals surface area contributed by atoms with Crippen molar-refractivity contribution >= 4 is 8.58 Å². The van der Waals surface area contributed by atoms with Gasteiger partial charge in [-0.15, -0.1) is 8.58 Å². The van der Waals surface area contributed by atoms with Crippen molar-refractivity contribution in [3.8, 4) is 0 Å². The Kier molecular flexibility index (Phi) is 6.79. The highest BCUT2D eigenvalue weighted by molar-refractivity contribution is 7.36. The average molecular weight is 147 g/mol. The molecular weight excluding hydrogens is 129 g/mol. The van der Waals surface area contributed by atoms with E-state index in [1.54, 1.807) is 0 Å². The third-order valence-electron chi connectivity index (χ3n) is 1.32. The predicted molar refractivity (Wildman–Crippen MR) is 46.6 cm³/mol. The Bertz CT molecular complexity index is 56.9. The Morgan fingerprint density at radius 1 is 1.44 bits per heavy atom. The maximum atomic E-state index is 2.40. The first-order valence-corrected chi connectivity index (χ1v) is 5.35. The first-order chi connectivity index (χ1) is 4.31. The molecular formula is C7H18NP. The molecule has 0 aromatic rings. The number of nitrogens with zero attached hydrogens (tertiary/aromatic N) is 1. The van der Waals surface area contributed by atoms with Crippen molar-refractivity contribution in [2.45, 2.75) is 19.8 Å². The fraction of sp³-hybridized carbons (Fsp3) is 1.00. The van der Waals surface area contributed by atoms with E-state index in [1.807, 2.05) is 0 Å². The highest BCUT2D eigenvalue weighted by Crippen LogP contribution is 2.04. The molecule has 0 rings (SSSR count). The van der Waals surface area contributed by atoms with Crippen LogP contribution in [0, 0.1) is 0 Å². The van der Waals surface area contributed by atoms with Gasteiger partial charge < -0.3 is 4.90 Å². The van der Waals surface area contributed by atoms with Gasteiger partial charge in [0.1, 0.15) is 0 Å². The van der Waals surface area contributed by atoms with E-state index < -0.39 is 0 Å². The monoisotopic (exact) mass is 147 g/mol. The SMILES string of the molecule is CCCCN(C)CPC. The summed E-state index contributed by atoms with van der Waals surface area (Å²) >= 11 is 0. The molecule has 0 saturated carbocycles. The summed E-state index contributed by atoms with van der Waals surface area (Å²) in [6, 6.07) is 0. The van der Waals surface area contributed by atoms with Gasteiger partial charge in [-0.2, -0.15) is 0 Å². The van der Waals surface area contributed by atoms with Gasteiger partial charge in [-0.3, -0.25) is 0 Å². The van der Waals surface area contributed by atoms with Crippen LogP contribution in [0.4, 0.5) is 0 Å². The van der Waals surface area contributed by atoms with Gasteiger partial charge in [-0.25, -0.2) is 0 Å². The lowest BCUT2D eigenvalue weighted by Gasteiger charge is -2.13. The van der Waals surface area contributed by atoms with Gasteiger partial charge in [0.2, 0.25) is 0 Å². The lowest BCUT2D eigenvalue weighted by molar-refractivity contribution is 0.382. The highest BCUT2D eigenvalue weighted by atomic mass is 31.1.